The highest BCUT2D eigenvalue weighted by Crippen LogP contribution is 2.06. The van der Waals surface area contributed by atoms with Gasteiger partial charge in [-0.05, 0) is 23.6 Å². The van der Waals surface area contributed by atoms with Crippen LogP contribution >= 0.6 is 24.8 Å². The largest absolute Gasteiger partial charge is 0.399 e. The van der Waals surface area contributed by atoms with Crippen LogP contribution < -0.4 is 11.1 Å². The number of carbonyl (C=O) groups is 1. The van der Waals surface area contributed by atoms with Gasteiger partial charge in [0.1, 0.15) is 0 Å². The number of anilines is 1. The summed E-state index contributed by atoms with van der Waals surface area (Å²) in [4.78, 5) is 14.3. The van der Waals surface area contributed by atoms with Crippen LogP contribution in [0.15, 0.2) is 24.3 Å². The molecule has 0 saturated carbocycles. The third kappa shape index (κ3) is 8.42. The van der Waals surface area contributed by atoms with E-state index in [1.807, 2.05) is 24.3 Å². The highest BCUT2D eigenvalue weighted by molar-refractivity contribution is 5.85. The number of nitrogen functional groups attached to an aromatic ring is 1. The zero-order valence-corrected chi connectivity index (χ0v) is 15.1. The van der Waals surface area contributed by atoms with Crippen molar-refractivity contribution in [3.63, 3.8) is 0 Å². The summed E-state index contributed by atoms with van der Waals surface area (Å²) in [6.45, 7) is 7.50. The fraction of sp³-hybridized carbons (Fsp3) is 0.562. The summed E-state index contributed by atoms with van der Waals surface area (Å²) in [5.41, 5.74) is 7.34. The van der Waals surface area contributed by atoms with Crippen LogP contribution in [-0.4, -0.2) is 50.2 Å². The monoisotopic (exact) mass is 363 g/mol. The molecule has 0 aromatic heterocycles. The maximum atomic E-state index is 11.9. The number of morpholine rings is 1. The molecule has 3 N–H and O–H groups in total. The van der Waals surface area contributed by atoms with Crippen molar-refractivity contribution in [3.8, 4) is 0 Å². The fourth-order valence-corrected chi connectivity index (χ4v) is 2.46. The van der Waals surface area contributed by atoms with Gasteiger partial charge in [-0.15, -0.1) is 24.8 Å². The second-order valence-electron chi connectivity index (χ2n) is 5.74. The van der Waals surface area contributed by atoms with Crippen LogP contribution in [0.4, 0.5) is 5.69 Å². The van der Waals surface area contributed by atoms with Crippen LogP contribution in [0.2, 0.25) is 0 Å². The molecule has 0 bridgehead atoms. The Morgan fingerprint density at radius 1 is 1.26 bits per heavy atom. The topological polar surface area (TPSA) is 67.6 Å². The molecule has 1 atom stereocenters. The first-order chi connectivity index (χ1) is 10.1. The molecule has 1 aliphatic rings. The van der Waals surface area contributed by atoms with Crippen molar-refractivity contribution < 1.29 is 9.53 Å². The molecule has 1 unspecified atom stereocenters. The Morgan fingerprint density at radius 2 is 1.87 bits per heavy atom. The van der Waals surface area contributed by atoms with Gasteiger partial charge in [0, 0.05) is 31.9 Å². The van der Waals surface area contributed by atoms with Gasteiger partial charge < -0.3 is 15.8 Å². The van der Waals surface area contributed by atoms with Gasteiger partial charge in [0.05, 0.1) is 19.6 Å². The molecule has 1 aliphatic heterocycles. The second kappa shape index (κ2) is 11.5. The van der Waals surface area contributed by atoms with Crippen molar-refractivity contribution >= 4 is 36.4 Å². The smallest absolute Gasteiger partial charge is 0.224 e. The highest BCUT2D eigenvalue weighted by atomic mass is 35.5. The zero-order chi connectivity index (χ0) is 15.1. The first-order valence-electron chi connectivity index (χ1n) is 7.54. The molecule has 0 aliphatic carbocycles. The maximum Gasteiger partial charge on any atom is 0.224 e. The predicted octanol–water partition coefficient (Wildman–Crippen LogP) is 1.74. The summed E-state index contributed by atoms with van der Waals surface area (Å²) in [7, 11) is 0. The third-order valence-corrected chi connectivity index (χ3v) is 3.67. The fourth-order valence-electron chi connectivity index (χ4n) is 2.46. The summed E-state index contributed by atoms with van der Waals surface area (Å²) in [5.74, 6) is 0.507. The van der Waals surface area contributed by atoms with E-state index in [-0.39, 0.29) is 30.7 Å². The lowest BCUT2D eigenvalue weighted by molar-refractivity contribution is -0.120. The van der Waals surface area contributed by atoms with E-state index in [0.717, 1.165) is 44.1 Å². The molecule has 1 saturated heterocycles. The quantitative estimate of drug-likeness (QED) is 0.755. The average Bonchev–Trinajstić information content (AvgIpc) is 2.49. The highest BCUT2D eigenvalue weighted by Gasteiger charge is 2.14. The molecular weight excluding hydrogens is 337 g/mol. The van der Waals surface area contributed by atoms with Crippen molar-refractivity contribution in [1.29, 1.82) is 0 Å². The number of nitrogens with one attached hydrogen (secondary N) is 1. The number of amides is 1. The van der Waals surface area contributed by atoms with Gasteiger partial charge in [-0.25, -0.2) is 0 Å². The molecule has 0 radical (unpaired) electrons. The van der Waals surface area contributed by atoms with Gasteiger partial charge in [-0.2, -0.15) is 0 Å². The lowest BCUT2D eigenvalue weighted by Crippen LogP contribution is -2.41. The van der Waals surface area contributed by atoms with Gasteiger partial charge in [0.25, 0.3) is 0 Å². The van der Waals surface area contributed by atoms with E-state index in [1.165, 1.54) is 0 Å². The SMILES string of the molecule is CC(CNC(=O)Cc1ccc(N)cc1)CN1CCOCC1.Cl.Cl. The Hall–Kier alpha value is -1.01. The minimum atomic E-state index is 0. The lowest BCUT2D eigenvalue weighted by atomic mass is 10.1. The summed E-state index contributed by atoms with van der Waals surface area (Å²) >= 11 is 0. The van der Waals surface area contributed by atoms with Crippen LogP contribution in [0.5, 0.6) is 0 Å². The number of hydrogen-bond acceptors (Lipinski definition) is 4. The molecule has 1 amide bonds. The number of nitrogens with zero attached hydrogens (tertiary/aromatic N) is 1. The maximum absolute atomic E-state index is 11.9. The van der Waals surface area contributed by atoms with Crippen LogP contribution in [-0.2, 0) is 16.0 Å². The first-order valence-corrected chi connectivity index (χ1v) is 7.54. The Labute approximate surface area is 150 Å². The Kier molecular flexibility index (Phi) is 11.0. The molecular formula is C16H27Cl2N3O2. The number of ether oxygens (including phenoxy) is 1. The summed E-state index contributed by atoms with van der Waals surface area (Å²) in [6.07, 6.45) is 0.407. The van der Waals surface area contributed by atoms with Crippen LogP contribution in [0.3, 0.4) is 0 Å². The van der Waals surface area contributed by atoms with E-state index >= 15 is 0 Å². The van der Waals surface area contributed by atoms with Crippen molar-refractivity contribution in [1.82, 2.24) is 10.2 Å². The third-order valence-electron chi connectivity index (χ3n) is 3.67. The molecule has 1 aromatic carbocycles. The molecule has 23 heavy (non-hydrogen) atoms. The van der Waals surface area contributed by atoms with E-state index < -0.39 is 0 Å². The van der Waals surface area contributed by atoms with Crippen molar-refractivity contribution in [3.05, 3.63) is 29.8 Å². The van der Waals surface area contributed by atoms with Gasteiger partial charge >= 0.3 is 0 Å². The normalized spacial score (nSPS) is 15.9. The van der Waals surface area contributed by atoms with Crippen molar-refractivity contribution in [2.75, 3.05) is 45.1 Å². The molecule has 1 fully saturated rings. The number of nitrogens with two attached hydrogens (primary N) is 1. The molecule has 2 rings (SSSR count). The van der Waals surface area contributed by atoms with Crippen LogP contribution in [0.25, 0.3) is 0 Å². The van der Waals surface area contributed by atoms with Gasteiger partial charge in [-0.3, -0.25) is 9.69 Å². The van der Waals surface area contributed by atoms with Gasteiger partial charge in [-0.1, -0.05) is 19.1 Å². The summed E-state index contributed by atoms with van der Waals surface area (Å²) in [6, 6.07) is 7.44. The number of rotatable bonds is 6. The molecule has 1 aromatic rings. The van der Waals surface area contributed by atoms with Crippen molar-refractivity contribution in [2.45, 2.75) is 13.3 Å². The first kappa shape index (κ1) is 22.0. The minimum absolute atomic E-state index is 0. The standard InChI is InChI=1S/C16H25N3O2.2ClH/c1-13(12-19-6-8-21-9-7-19)11-18-16(20)10-14-2-4-15(17)5-3-14;;/h2-5,13H,6-12,17H2,1H3,(H,18,20);2*1H. The molecule has 1 heterocycles. The second-order valence-corrected chi connectivity index (χ2v) is 5.74. The Bertz CT molecular complexity index is 451. The van der Waals surface area contributed by atoms with E-state index in [1.54, 1.807) is 0 Å². The number of hydrogen-bond donors (Lipinski definition) is 2. The van der Waals surface area contributed by atoms with E-state index in [0.29, 0.717) is 18.9 Å². The predicted molar refractivity (Wildman–Crippen MR) is 98.5 cm³/mol. The molecule has 7 heteroatoms. The van der Waals surface area contributed by atoms with Gasteiger partial charge in [0.15, 0.2) is 0 Å². The van der Waals surface area contributed by atoms with Gasteiger partial charge in [0.2, 0.25) is 5.91 Å². The minimum Gasteiger partial charge on any atom is -0.399 e. The molecule has 0 spiro atoms. The summed E-state index contributed by atoms with van der Waals surface area (Å²) < 4.78 is 5.33. The Morgan fingerprint density at radius 3 is 2.48 bits per heavy atom. The number of carbonyl (C=O) groups excluding carboxylic acids is 1. The number of halogens is 2. The zero-order valence-electron chi connectivity index (χ0n) is 13.5. The molecule has 5 nitrogen and oxygen atoms in total. The van der Waals surface area contributed by atoms with Crippen molar-refractivity contribution in [2.24, 2.45) is 5.92 Å². The van der Waals surface area contributed by atoms with E-state index in [4.69, 9.17) is 10.5 Å². The van der Waals surface area contributed by atoms with E-state index in [9.17, 15) is 4.79 Å². The lowest BCUT2D eigenvalue weighted by Gasteiger charge is -2.29. The van der Waals surface area contributed by atoms with Crippen LogP contribution in [0, 0.1) is 5.92 Å². The average molecular weight is 364 g/mol. The molecule has 132 valence electrons. The van der Waals surface area contributed by atoms with E-state index in [2.05, 4.69) is 17.1 Å². The summed E-state index contributed by atoms with van der Waals surface area (Å²) in [5, 5.41) is 3.01. The number of benzene rings is 1. The van der Waals surface area contributed by atoms with Crippen LogP contribution in [0.1, 0.15) is 12.5 Å². The Balaban J connectivity index is 0.00000242.